The fraction of sp³-hybridized carbons (Fsp3) is 0.300. The van der Waals surface area contributed by atoms with E-state index in [1.165, 1.54) is 0 Å². The van der Waals surface area contributed by atoms with Gasteiger partial charge in [0.05, 0.1) is 12.5 Å². The van der Waals surface area contributed by atoms with Crippen LogP contribution < -0.4 is 5.73 Å². The topological polar surface area (TPSA) is 104 Å². The lowest BCUT2D eigenvalue weighted by Gasteiger charge is -2.17. The summed E-state index contributed by atoms with van der Waals surface area (Å²) in [5, 5.41) is 27.7. The Hall–Kier alpha value is -1.73. The highest BCUT2D eigenvalue weighted by Gasteiger charge is 2.23. The number of nitrogens with two attached hydrogens (primary N) is 1. The van der Waals surface area contributed by atoms with Crippen molar-refractivity contribution in [3.63, 3.8) is 0 Å². The van der Waals surface area contributed by atoms with Crippen LogP contribution in [0, 0.1) is 11.6 Å². The average molecular weight is 247 g/mol. The van der Waals surface area contributed by atoms with Gasteiger partial charge in [0.2, 0.25) is 5.91 Å². The molecule has 0 fully saturated rings. The molecule has 5 N–H and O–H groups in total. The van der Waals surface area contributed by atoms with Crippen LogP contribution in [-0.2, 0) is 4.79 Å². The summed E-state index contributed by atoms with van der Waals surface area (Å²) in [7, 11) is 0. The van der Waals surface area contributed by atoms with E-state index in [0.717, 1.165) is 0 Å². The molecule has 0 aliphatic heterocycles. The van der Waals surface area contributed by atoms with Crippen molar-refractivity contribution in [1.82, 2.24) is 0 Å². The van der Waals surface area contributed by atoms with E-state index in [-0.39, 0.29) is 5.56 Å². The van der Waals surface area contributed by atoms with E-state index in [4.69, 9.17) is 10.8 Å². The maximum atomic E-state index is 13.0. The zero-order chi connectivity index (χ0) is 13.2. The molecule has 7 heteroatoms. The van der Waals surface area contributed by atoms with E-state index in [0.29, 0.717) is 12.1 Å². The maximum Gasteiger partial charge on any atom is 0.220 e. The largest absolute Gasteiger partial charge is 0.503 e. The molecule has 1 aromatic rings. The van der Waals surface area contributed by atoms with E-state index in [1.807, 2.05) is 0 Å². The zero-order valence-corrected chi connectivity index (χ0v) is 8.60. The Morgan fingerprint density at radius 3 is 2.18 bits per heavy atom. The van der Waals surface area contributed by atoms with Gasteiger partial charge in [-0.3, -0.25) is 4.79 Å². The number of phenolic OH excluding ortho intramolecular Hbond substituents is 1. The SMILES string of the molecule is NC(=O)CC(O)C(O)c1cc(F)c(O)c(F)c1. The Kier molecular flexibility index (Phi) is 3.97. The fourth-order valence-corrected chi connectivity index (χ4v) is 1.30. The van der Waals surface area contributed by atoms with Crippen molar-refractivity contribution in [2.75, 3.05) is 0 Å². The smallest absolute Gasteiger partial charge is 0.220 e. The second-order valence-electron chi connectivity index (χ2n) is 3.52. The summed E-state index contributed by atoms with van der Waals surface area (Å²) in [6, 6.07) is 1.32. The van der Waals surface area contributed by atoms with Crippen LogP contribution >= 0.6 is 0 Å². The lowest BCUT2D eigenvalue weighted by Crippen LogP contribution is -2.25. The molecule has 0 spiro atoms. The van der Waals surface area contributed by atoms with Crippen LogP contribution in [-0.4, -0.2) is 27.3 Å². The zero-order valence-electron chi connectivity index (χ0n) is 8.60. The Bertz CT molecular complexity index is 415. The van der Waals surface area contributed by atoms with Crippen LogP contribution in [0.3, 0.4) is 0 Å². The number of amides is 1. The quantitative estimate of drug-likeness (QED) is 0.598. The number of phenols is 1. The van der Waals surface area contributed by atoms with E-state index >= 15 is 0 Å². The number of aliphatic hydroxyl groups is 2. The highest BCUT2D eigenvalue weighted by molar-refractivity contribution is 5.74. The first-order valence-electron chi connectivity index (χ1n) is 4.65. The number of primary amides is 1. The summed E-state index contributed by atoms with van der Waals surface area (Å²) in [5.74, 6) is -4.59. The summed E-state index contributed by atoms with van der Waals surface area (Å²) in [6.45, 7) is 0. The Balaban J connectivity index is 2.96. The van der Waals surface area contributed by atoms with Crippen molar-refractivity contribution in [2.45, 2.75) is 18.6 Å². The fourth-order valence-electron chi connectivity index (χ4n) is 1.30. The minimum absolute atomic E-state index is 0.299. The van der Waals surface area contributed by atoms with Gasteiger partial charge in [0.1, 0.15) is 6.10 Å². The predicted molar refractivity (Wildman–Crippen MR) is 52.8 cm³/mol. The first-order valence-corrected chi connectivity index (χ1v) is 4.65. The second kappa shape index (κ2) is 5.07. The molecule has 2 atom stereocenters. The molecule has 0 aromatic heterocycles. The van der Waals surface area contributed by atoms with Crippen molar-refractivity contribution < 1.29 is 28.9 Å². The number of benzene rings is 1. The van der Waals surface area contributed by atoms with Crippen molar-refractivity contribution in [3.8, 4) is 5.75 Å². The second-order valence-corrected chi connectivity index (χ2v) is 3.52. The first kappa shape index (κ1) is 13.3. The highest BCUT2D eigenvalue weighted by Crippen LogP contribution is 2.26. The summed E-state index contributed by atoms with van der Waals surface area (Å²) in [6.07, 6.45) is -3.80. The highest BCUT2D eigenvalue weighted by atomic mass is 19.1. The summed E-state index contributed by atoms with van der Waals surface area (Å²) in [4.78, 5) is 10.5. The van der Waals surface area contributed by atoms with Gasteiger partial charge < -0.3 is 21.1 Å². The average Bonchev–Trinajstić information content (AvgIpc) is 2.23. The third kappa shape index (κ3) is 3.11. The van der Waals surface area contributed by atoms with E-state index in [1.54, 1.807) is 0 Å². The Morgan fingerprint density at radius 2 is 1.76 bits per heavy atom. The number of rotatable bonds is 4. The number of carbonyl (C=O) groups is 1. The van der Waals surface area contributed by atoms with Crippen LogP contribution in [0.1, 0.15) is 18.1 Å². The maximum absolute atomic E-state index is 13.0. The lowest BCUT2D eigenvalue weighted by molar-refractivity contribution is -0.121. The normalized spacial score (nSPS) is 14.4. The molecule has 0 bridgehead atoms. The van der Waals surface area contributed by atoms with Gasteiger partial charge in [0.25, 0.3) is 0 Å². The molecule has 1 rings (SSSR count). The molecular weight excluding hydrogens is 236 g/mol. The molecule has 5 nitrogen and oxygen atoms in total. The summed E-state index contributed by atoms with van der Waals surface area (Å²) >= 11 is 0. The van der Waals surface area contributed by atoms with Gasteiger partial charge in [-0.25, -0.2) is 8.78 Å². The summed E-state index contributed by atoms with van der Waals surface area (Å²) < 4.78 is 25.9. The van der Waals surface area contributed by atoms with E-state index in [9.17, 15) is 23.8 Å². The van der Waals surface area contributed by atoms with Gasteiger partial charge >= 0.3 is 0 Å². The molecule has 94 valence electrons. The molecule has 1 amide bonds. The van der Waals surface area contributed by atoms with Crippen molar-refractivity contribution >= 4 is 5.91 Å². The lowest BCUT2D eigenvalue weighted by atomic mass is 10.0. The molecule has 0 saturated heterocycles. The van der Waals surface area contributed by atoms with Crippen molar-refractivity contribution in [2.24, 2.45) is 5.73 Å². The molecule has 0 saturated carbocycles. The van der Waals surface area contributed by atoms with Crippen molar-refractivity contribution in [3.05, 3.63) is 29.3 Å². The molecule has 0 aliphatic carbocycles. The molecule has 0 radical (unpaired) electrons. The van der Waals surface area contributed by atoms with Gasteiger partial charge in [0, 0.05) is 0 Å². The third-order valence-electron chi connectivity index (χ3n) is 2.16. The number of carbonyl (C=O) groups excluding carboxylic acids is 1. The van der Waals surface area contributed by atoms with Gasteiger partial charge in [-0.05, 0) is 17.7 Å². The Morgan fingerprint density at radius 1 is 1.29 bits per heavy atom. The Labute approximate surface area is 95.1 Å². The third-order valence-corrected chi connectivity index (χ3v) is 2.16. The van der Waals surface area contributed by atoms with Gasteiger partial charge in [-0.15, -0.1) is 0 Å². The summed E-state index contributed by atoms with van der Waals surface area (Å²) in [5.41, 5.74) is 4.50. The molecule has 2 unspecified atom stereocenters. The van der Waals surface area contributed by atoms with Crippen LogP contribution in [0.15, 0.2) is 12.1 Å². The van der Waals surface area contributed by atoms with Gasteiger partial charge in [-0.2, -0.15) is 0 Å². The first-order chi connectivity index (χ1) is 7.82. The number of aliphatic hydroxyl groups excluding tert-OH is 2. The van der Waals surface area contributed by atoms with E-state index in [2.05, 4.69) is 0 Å². The molecule has 17 heavy (non-hydrogen) atoms. The van der Waals surface area contributed by atoms with Crippen LogP contribution in [0.2, 0.25) is 0 Å². The van der Waals surface area contributed by atoms with Crippen molar-refractivity contribution in [1.29, 1.82) is 0 Å². The van der Waals surface area contributed by atoms with Crippen LogP contribution in [0.5, 0.6) is 5.75 Å². The monoisotopic (exact) mass is 247 g/mol. The predicted octanol–water partition coefficient (Wildman–Crippen LogP) is -0.0599. The van der Waals surface area contributed by atoms with Gasteiger partial charge in [0.15, 0.2) is 17.4 Å². The standard InChI is InChI=1S/C10H11F2NO4/c11-5-1-4(2-6(12)10(5)17)9(16)7(14)3-8(13)15/h1-2,7,9,14,16-17H,3H2,(H2,13,15). The van der Waals surface area contributed by atoms with E-state index < -0.39 is 41.9 Å². The number of hydrogen-bond acceptors (Lipinski definition) is 4. The van der Waals surface area contributed by atoms with Gasteiger partial charge in [-0.1, -0.05) is 0 Å². The minimum atomic E-state index is -1.67. The minimum Gasteiger partial charge on any atom is -0.503 e. The molecule has 0 heterocycles. The number of hydrogen-bond donors (Lipinski definition) is 4. The molecular formula is C10H11F2NO4. The number of aromatic hydroxyl groups is 1. The van der Waals surface area contributed by atoms with Crippen LogP contribution in [0.4, 0.5) is 8.78 Å². The molecule has 0 aliphatic rings. The van der Waals surface area contributed by atoms with Crippen LogP contribution in [0.25, 0.3) is 0 Å². The molecule has 1 aromatic carbocycles. The number of halogens is 2.